The zero-order valence-electron chi connectivity index (χ0n) is 8.89. The summed E-state index contributed by atoms with van der Waals surface area (Å²) in [4.78, 5) is 0. The van der Waals surface area contributed by atoms with Crippen LogP contribution in [0.5, 0.6) is 0 Å². The van der Waals surface area contributed by atoms with Gasteiger partial charge in [-0.2, -0.15) is 0 Å². The highest BCUT2D eigenvalue weighted by atomic mass is 35.5. The summed E-state index contributed by atoms with van der Waals surface area (Å²) in [5, 5.41) is 1.08. The molecule has 1 saturated carbocycles. The van der Waals surface area contributed by atoms with Gasteiger partial charge in [0, 0.05) is 5.56 Å². The van der Waals surface area contributed by atoms with Crippen molar-refractivity contribution >= 4 is 23.2 Å². The molecular weight excluding hydrogens is 241 g/mol. The molecule has 0 spiro atoms. The van der Waals surface area contributed by atoms with Crippen molar-refractivity contribution in [3.05, 3.63) is 33.8 Å². The lowest BCUT2D eigenvalue weighted by Crippen LogP contribution is -2.34. The highest BCUT2D eigenvalue weighted by Crippen LogP contribution is 2.27. The molecule has 1 fully saturated rings. The van der Waals surface area contributed by atoms with Gasteiger partial charge in [-0.3, -0.25) is 0 Å². The fourth-order valence-corrected chi connectivity index (χ4v) is 2.20. The lowest BCUT2D eigenvalue weighted by molar-refractivity contribution is 0.572. The molecule has 0 amide bonds. The largest absolute Gasteiger partial charge is 0.315 e. The predicted octanol–water partition coefficient (Wildman–Crippen LogP) is 3.62. The summed E-state index contributed by atoms with van der Waals surface area (Å²) in [5.74, 6) is 6.22. The lowest BCUT2D eigenvalue weighted by Gasteiger charge is -2.14. The molecule has 0 radical (unpaired) electrons. The van der Waals surface area contributed by atoms with Crippen molar-refractivity contribution in [3.63, 3.8) is 0 Å². The summed E-state index contributed by atoms with van der Waals surface area (Å²) in [6, 6.07) is 5.39. The Bertz CT molecular complexity index is 451. The van der Waals surface area contributed by atoms with Crippen LogP contribution in [0, 0.1) is 11.8 Å². The molecule has 0 heterocycles. The van der Waals surface area contributed by atoms with Crippen LogP contribution in [-0.2, 0) is 0 Å². The van der Waals surface area contributed by atoms with E-state index in [4.69, 9.17) is 28.9 Å². The van der Waals surface area contributed by atoms with Crippen LogP contribution in [0.1, 0.15) is 31.2 Å². The second-order valence-electron chi connectivity index (χ2n) is 4.24. The van der Waals surface area contributed by atoms with Gasteiger partial charge in [0.2, 0.25) is 0 Å². The van der Waals surface area contributed by atoms with Crippen LogP contribution < -0.4 is 5.73 Å². The monoisotopic (exact) mass is 253 g/mol. The Morgan fingerprint density at radius 1 is 1.12 bits per heavy atom. The van der Waals surface area contributed by atoms with Crippen LogP contribution in [0.25, 0.3) is 0 Å². The summed E-state index contributed by atoms with van der Waals surface area (Å²) in [6.45, 7) is 0. The normalized spacial score (nSPS) is 17.9. The maximum Gasteiger partial charge on any atom is 0.0779 e. The van der Waals surface area contributed by atoms with E-state index in [-0.39, 0.29) is 5.54 Å². The highest BCUT2D eigenvalue weighted by Gasteiger charge is 2.26. The number of nitrogens with two attached hydrogens (primary N) is 1. The van der Waals surface area contributed by atoms with E-state index in [2.05, 4.69) is 11.8 Å². The average molecular weight is 254 g/mol. The molecule has 84 valence electrons. The molecule has 0 unspecified atom stereocenters. The predicted molar refractivity (Wildman–Crippen MR) is 68.7 cm³/mol. The van der Waals surface area contributed by atoms with E-state index in [1.165, 1.54) is 12.8 Å². The first-order valence-corrected chi connectivity index (χ1v) is 6.12. The Kier molecular flexibility index (Phi) is 3.44. The average Bonchev–Trinajstić information content (AvgIpc) is 2.68. The van der Waals surface area contributed by atoms with Gasteiger partial charge in [-0.1, -0.05) is 47.9 Å². The van der Waals surface area contributed by atoms with E-state index >= 15 is 0 Å². The van der Waals surface area contributed by atoms with Crippen molar-refractivity contribution in [2.75, 3.05) is 0 Å². The van der Waals surface area contributed by atoms with Gasteiger partial charge in [-0.15, -0.1) is 0 Å². The molecule has 1 nitrogen and oxygen atoms in total. The van der Waals surface area contributed by atoms with Crippen LogP contribution in [0.15, 0.2) is 18.2 Å². The van der Waals surface area contributed by atoms with Crippen molar-refractivity contribution in [1.82, 2.24) is 0 Å². The zero-order valence-corrected chi connectivity index (χ0v) is 10.4. The topological polar surface area (TPSA) is 26.0 Å². The van der Waals surface area contributed by atoms with E-state index in [1.807, 2.05) is 6.07 Å². The molecule has 0 aliphatic heterocycles. The van der Waals surface area contributed by atoms with Crippen molar-refractivity contribution in [3.8, 4) is 11.8 Å². The number of hydrogen-bond acceptors (Lipinski definition) is 1. The number of benzene rings is 1. The van der Waals surface area contributed by atoms with Gasteiger partial charge in [0.05, 0.1) is 15.6 Å². The van der Waals surface area contributed by atoms with Crippen LogP contribution >= 0.6 is 23.2 Å². The minimum absolute atomic E-state index is 0.299. The summed E-state index contributed by atoms with van der Waals surface area (Å²) in [5.41, 5.74) is 6.71. The Morgan fingerprint density at radius 2 is 1.81 bits per heavy atom. The van der Waals surface area contributed by atoms with E-state index in [0.29, 0.717) is 10.0 Å². The van der Waals surface area contributed by atoms with Gasteiger partial charge in [0.15, 0.2) is 0 Å². The van der Waals surface area contributed by atoms with Crippen molar-refractivity contribution < 1.29 is 0 Å². The smallest absolute Gasteiger partial charge is 0.0779 e. The molecule has 1 aromatic rings. The van der Waals surface area contributed by atoms with Gasteiger partial charge in [0.25, 0.3) is 0 Å². The SMILES string of the molecule is NC1(C#Cc2ccc(Cl)c(Cl)c2)CCCC1. The Morgan fingerprint density at radius 3 is 2.44 bits per heavy atom. The highest BCUT2D eigenvalue weighted by molar-refractivity contribution is 6.42. The van der Waals surface area contributed by atoms with Gasteiger partial charge in [-0.25, -0.2) is 0 Å². The molecule has 0 bridgehead atoms. The lowest BCUT2D eigenvalue weighted by atomic mass is 10.00. The standard InChI is InChI=1S/C13H13Cl2N/c14-11-4-3-10(9-12(11)15)5-8-13(16)6-1-2-7-13/h3-4,9H,1-2,6-7,16H2. The first kappa shape index (κ1) is 11.8. The van der Waals surface area contributed by atoms with E-state index < -0.39 is 0 Å². The van der Waals surface area contributed by atoms with E-state index in [0.717, 1.165) is 18.4 Å². The summed E-state index contributed by atoms with van der Waals surface area (Å²) in [7, 11) is 0. The van der Waals surface area contributed by atoms with Crippen molar-refractivity contribution in [2.45, 2.75) is 31.2 Å². The number of rotatable bonds is 0. The minimum Gasteiger partial charge on any atom is -0.315 e. The zero-order chi connectivity index (χ0) is 11.6. The fraction of sp³-hybridized carbons (Fsp3) is 0.385. The Balaban J connectivity index is 2.20. The van der Waals surface area contributed by atoms with Crippen molar-refractivity contribution in [2.24, 2.45) is 5.73 Å². The van der Waals surface area contributed by atoms with E-state index in [9.17, 15) is 0 Å². The molecule has 1 aliphatic rings. The third-order valence-corrected chi connectivity index (χ3v) is 3.61. The molecule has 3 heteroatoms. The maximum atomic E-state index is 6.14. The third kappa shape index (κ3) is 2.71. The molecule has 0 atom stereocenters. The third-order valence-electron chi connectivity index (χ3n) is 2.87. The molecule has 1 aliphatic carbocycles. The molecule has 1 aromatic carbocycles. The quantitative estimate of drug-likeness (QED) is 0.703. The van der Waals surface area contributed by atoms with E-state index in [1.54, 1.807) is 12.1 Å². The second kappa shape index (κ2) is 4.67. The summed E-state index contributed by atoms with van der Waals surface area (Å²) < 4.78 is 0. The van der Waals surface area contributed by atoms with Crippen molar-refractivity contribution in [1.29, 1.82) is 0 Å². The Labute approximate surface area is 106 Å². The summed E-state index contributed by atoms with van der Waals surface area (Å²) >= 11 is 11.7. The number of halogens is 2. The van der Waals surface area contributed by atoms with Crippen LogP contribution in [-0.4, -0.2) is 5.54 Å². The second-order valence-corrected chi connectivity index (χ2v) is 5.06. The van der Waals surface area contributed by atoms with Gasteiger partial charge in [0.1, 0.15) is 0 Å². The van der Waals surface area contributed by atoms with Crippen LogP contribution in [0.2, 0.25) is 10.0 Å². The molecule has 2 rings (SSSR count). The minimum atomic E-state index is -0.299. The molecule has 0 aromatic heterocycles. The molecule has 0 saturated heterocycles. The fourth-order valence-electron chi connectivity index (χ4n) is 1.90. The van der Waals surface area contributed by atoms with Crippen LogP contribution in [0.4, 0.5) is 0 Å². The van der Waals surface area contributed by atoms with Gasteiger partial charge < -0.3 is 5.73 Å². The molecule has 2 N–H and O–H groups in total. The maximum absolute atomic E-state index is 6.14. The first-order chi connectivity index (χ1) is 7.59. The van der Waals surface area contributed by atoms with Crippen LogP contribution in [0.3, 0.4) is 0 Å². The Hall–Kier alpha value is -0.680. The molecular formula is C13H13Cl2N. The van der Waals surface area contributed by atoms with Gasteiger partial charge in [-0.05, 0) is 31.0 Å². The number of hydrogen-bond donors (Lipinski definition) is 1. The summed E-state index contributed by atoms with van der Waals surface area (Å²) in [6.07, 6.45) is 4.32. The first-order valence-electron chi connectivity index (χ1n) is 5.36. The van der Waals surface area contributed by atoms with Gasteiger partial charge >= 0.3 is 0 Å². The molecule has 16 heavy (non-hydrogen) atoms.